The highest BCUT2D eigenvalue weighted by Crippen LogP contribution is 2.55. The van der Waals surface area contributed by atoms with E-state index in [0.29, 0.717) is 11.8 Å². The quantitative estimate of drug-likeness (QED) is 0.587. The molecule has 96 valence electrons. The summed E-state index contributed by atoms with van der Waals surface area (Å²) < 4.78 is 24.6. The summed E-state index contributed by atoms with van der Waals surface area (Å²) in [4.78, 5) is 0. The second-order valence-corrected chi connectivity index (χ2v) is 7.95. The molecule has 0 spiro atoms. The van der Waals surface area contributed by atoms with Gasteiger partial charge in [-0.15, -0.1) is 0 Å². The van der Waals surface area contributed by atoms with Gasteiger partial charge >= 0.3 is 0 Å². The first-order chi connectivity index (χ1) is 8.10. The molecule has 0 saturated heterocycles. The van der Waals surface area contributed by atoms with Gasteiger partial charge in [0.15, 0.2) is 9.84 Å². The number of hydrogen-bond acceptors (Lipinski definition) is 4. The second-order valence-electron chi connectivity index (χ2n) is 5.95. The SMILES string of the molecule is NN/C=C/S(=O)(=O)C1C2CC3CC(C2)CC1C3. The summed E-state index contributed by atoms with van der Waals surface area (Å²) in [5.74, 6) is 7.52. The largest absolute Gasteiger partial charge is 0.331 e. The summed E-state index contributed by atoms with van der Waals surface area (Å²) in [6.45, 7) is 0. The Morgan fingerprint density at radius 3 is 2.00 bits per heavy atom. The Kier molecular flexibility index (Phi) is 2.70. The third-order valence-electron chi connectivity index (χ3n) is 4.87. The molecule has 3 N–H and O–H groups in total. The van der Waals surface area contributed by atoms with Crippen molar-refractivity contribution < 1.29 is 8.42 Å². The van der Waals surface area contributed by atoms with E-state index in [2.05, 4.69) is 5.43 Å². The van der Waals surface area contributed by atoms with Crippen molar-refractivity contribution in [3.63, 3.8) is 0 Å². The zero-order valence-electron chi connectivity index (χ0n) is 9.88. The first kappa shape index (κ1) is 11.5. The molecule has 0 aromatic heterocycles. The van der Waals surface area contributed by atoms with Crippen LogP contribution in [0.3, 0.4) is 0 Å². The number of nitrogens with two attached hydrogens (primary N) is 1. The molecule has 4 saturated carbocycles. The molecule has 4 aliphatic rings. The number of sulfone groups is 1. The van der Waals surface area contributed by atoms with E-state index in [0.717, 1.165) is 37.5 Å². The molecular weight excluding hydrogens is 236 g/mol. The van der Waals surface area contributed by atoms with Crippen LogP contribution < -0.4 is 11.3 Å². The minimum absolute atomic E-state index is 0.139. The summed E-state index contributed by atoms with van der Waals surface area (Å²) in [6, 6.07) is 0. The van der Waals surface area contributed by atoms with Crippen LogP contribution in [0.15, 0.2) is 11.6 Å². The Balaban J connectivity index is 1.87. The van der Waals surface area contributed by atoms with E-state index in [9.17, 15) is 8.42 Å². The second kappa shape index (κ2) is 3.99. The molecule has 4 rings (SSSR count). The van der Waals surface area contributed by atoms with Gasteiger partial charge in [-0.1, -0.05) is 0 Å². The molecule has 0 aromatic carbocycles. The van der Waals surface area contributed by atoms with Crippen molar-refractivity contribution in [2.75, 3.05) is 0 Å². The molecule has 4 fully saturated rings. The Hall–Kier alpha value is -0.550. The van der Waals surface area contributed by atoms with E-state index >= 15 is 0 Å². The molecular formula is C12H20N2O2S. The predicted molar refractivity (Wildman–Crippen MR) is 66.2 cm³/mol. The van der Waals surface area contributed by atoms with Crippen LogP contribution >= 0.6 is 0 Å². The van der Waals surface area contributed by atoms with Crippen LogP contribution in [0.5, 0.6) is 0 Å². The third-order valence-corrected chi connectivity index (χ3v) is 6.92. The van der Waals surface area contributed by atoms with Gasteiger partial charge in [-0.3, -0.25) is 5.84 Å². The van der Waals surface area contributed by atoms with Crippen molar-refractivity contribution in [3.8, 4) is 0 Å². The van der Waals surface area contributed by atoms with Gasteiger partial charge in [-0.2, -0.15) is 0 Å². The number of hydrazine groups is 1. The van der Waals surface area contributed by atoms with E-state index in [4.69, 9.17) is 5.84 Å². The molecule has 17 heavy (non-hydrogen) atoms. The average Bonchev–Trinajstić information content (AvgIpc) is 2.24. The van der Waals surface area contributed by atoms with E-state index < -0.39 is 9.84 Å². The number of rotatable bonds is 3. The fourth-order valence-electron chi connectivity index (χ4n) is 4.64. The fourth-order valence-corrected chi connectivity index (χ4v) is 6.60. The summed E-state index contributed by atoms with van der Waals surface area (Å²) in [7, 11) is -3.13. The van der Waals surface area contributed by atoms with Crippen LogP contribution in [0.2, 0.25) is 0 Å². The highest BCUT2D eigenvalue weighted by molar-refractivity contribution is 7.94. The highest BCUT2D eigenvalue weighted by Gasteiger charge is 2.52. The van der Waals surface area contributed by atoms with Crippen LogP contribution in [-0.4, -0.2) is 13.7 Å². The molecule has 4 nitrogen and oxygen atoms in total. The topological polar surface area (TPSA) is 72.2 Å². The van der Waals surface area contributed by atoms with Crippen LogP contribution in [0, 0.1) is 23.7 Å². The predicted octanol–water partition coefficient (Wildman–Crippen LogP) is 1.16. The molecule has 5 heteroatoms. The minimum Gasteiger partial charge on any atom is -0.331 e. The van der Waals surface area contributed by atoms with Crippen molar-refractivity contribution in [1.29, 1.82) is 0 Å². The first-order valence-electron chi connectivity index (χ1n) is 6.46. The average molecular weight is 256 g/mol. The van der Waals surface area contributed by atoms with Crippen molar-refractivity contribution in [2.45, 2.75) is 37.4 Å². The maximum atomic E-state index is 12.3. The molecule has 0 radical (unpaired) electrons. The number of hydrogen-bond donors (Lipinski definition) is 2. The van der Waals surface area contributed by atoms with Crippen LogP contribution in [0.25, 0.3) is 0 Å². The van der Waals surface area contributed by atoms with Gasteiger partial charge in [0.25, 0.3) is 0 Å². The molecule has 0 aliphatic heterocycles. The van der Waals surface area contributed by atoms with E-state index in [1.807, 2.05) is 0 Å². The summed E-state index contributed by atoms with van der Waals surface area (Å²) >= 11 is 0. The number of nitrogens with one attached hydrogen (secondary N) is 1. The van der Waals surface area contributed by atoms with E-state index in [1.54, 1.807) is 0 Å². The summed E-state index contributed by atoms with van der Waals surface area (Å²) in [6.07, 6.45) is 7.18. The van der Waals surface area contributed by atoms with Gasteiger partial charge in [-0.25, -0.2) is 8.42 Å². The van der Waals surface area contributed by atoms with Gasteiger partial charge in [0, 0.05) is 11.6 Å². The summed E-state index contributed by atoms with van der Waals surface area (Å²) in [5.41, 5.74) is 2.29. The van der Waals surface area contributed by atoms with Gasteiger partial charge in [-0.05, 0) is 55.8 Å². The third kappa shape index (κ3) is 1.89. The fraction of sp³-hybridized carbons (Fsp3) is 0.833. The van der Waals surface area contributed by atoms with Crippen molar-refractivity contribution in [3.05, 3.63) is 11.6 Å². The van der Waals surface area contributed by atoms with E-state index in [-0.39, 0.29) is 5.25 Å². The lowest BCUT2D eigenvalue weighted by Crippen LogP contribution is -2.51. The lowest BCUT2D eigenvalue weighted by molar-refractivity contribution is 0.0241. The Morgan fingerprint density at radius 2 is 1.53 bits per heavy atom. The normalized spacial score (nSPS) is 44.4. The van der Waals surface area contributed by atoms with Crippen LogP contribution in [0.1, 0.15) is 32.1 Å². The Morgan fingerprint density at radius 1 is 1.00 bits per heavy atom. The molecule has 0 heterocycles. The minimum atomic E-state index is -3.13. The van der Waals surface area contributed by atoms with Gasteiger partial charge in [0.1, 0.15) is 0 Å². The maximum Gasteiger partial charge on any atom is 0.176 e. The van der Waals surface area contributed by atoms with Crippen molar-refractivity contribution >= 4 is 9.84 Å². The van der Waals surface area contributed by atoms with Gasteiger partial charge in [0.05, 0.1) is 5.25 Å². The molecule has 0 aromatic rings. The zero-order valence-corrected chi connectivity index (χ0v) is 10.7. The van der Waals surface area contributed by atoms with Crippen molar-refractivity contribution in [2.24, 2.45) is 29.5 Å². The molecule has 0 atom stereocenters. The zero-order chi connectivity index (χ0) is 12.0. The smallest absolute Gasteiger partial charge is 0.176 e. The lowest BCUT2D eigenvalue weighted by Gasteiger charge is -2.53. The maximum absolute atomic E-state index is 12.3. The highest BCUT2D eigenvalue weighted by atomic mass is 32.2. The molecule has 4 bridgehead atoms. The molecule has 0 unspecified atom stereocenters. The first-order valence-corrected chi connectivity index (χ1v) is 8.07. The van der Waals surface area contributed by atoms with Crippen LogP contribution in [-0.2, 0) is 9.84 Å². The molecule has 0 amide bonds. The molecule has 4 aliphatic carbocycles. The van der Waals surface area contributed by atoms with Crippen molar-refractivity contribution in [1.82, 2.24) is 5.43 Å². The van der Waals surface area contributed by atoms with Crippen LogP contribution in [0.4, 0.5) is 0 Å². The monoisotopic (exact) mass is 256 g/mol. The summed E-state index contributed by atoms with van der Waals surface area (Å²) in [5, 5.41) is 1.12. The standard InChI is InChI=1S/C12H20N2O2S/c13-14-1-2-17(15,16)12-10-4-8-3-9(6-10)7-11(12)5-8/h1-2,8-12,14H,3-7,13H2/b2-1+. The van der Waals surface area contributed by atoms with Gasteiger partial charge in [0.2, 0.25) is 0 Å². The lowest BCUT2D eigenvalue weighted by atomic mass is 9.56. The Bertz CT molecular complexity index is 402. The van der Waals surface area contributed by atoms with Gasteiger partial charge < -0.3 is 5.43 Å². The Labute approximate surface area is 103 Å². The van der Waals surface area contributed by atoms with E-state index in [1.165, 1.54) is 18.0 Å².